The first-order valence-corrected chi connectivity index (χ1v) is 9.46. The van der Waals surface area contributed by atoms with Crippen LogP contribution in [0.3, 0.4) is 0 Å². The average Bonchev–Trinajstić information content (AvgIpc) is 3.09. The Morgan fingerprint density at radius 3 is 2.96 bits per heavy atom. The molecule has 3 aromatic rings. The number of amides is 2. The molecule has 1 unspecified atom stereocenters. The van der Waals surface area contributed by atoms with Gasteiger partial charge in [0, 0.05) is 48.3 Å². The summed E-state index contributed by atoms with van der Waals surface area (Å²) in [6.45, 7) is 4.25. The van der Waals surface area contributed by atoms with Crippen LogP contribution in [0.4, 0.5) is 14.9 Å². The van der Waals surface area contributed by atoms with E-state index >= 15 is 0 Å². The van der Waals surface area contributed by atoms with Crippen LogP contribution in [0.15, 0.2) is 54.7 Å². The topological polar surface area (TPSA) is 57.3 Å². The molecule has 1 fully saturated rings. The molecule has 0 radical (unpaired) electrons. The molecule has 0 aliphatic carbocycles. The molecule has 144 valence electrons. The zero-order valence-electron chi connectivity index (χ0n) is 15.8. The Hall–Kier alpha value is -2.99. The van der Waals surface area contributed by atoms with Gasteiger partial charge in [-0.1, -0.05) is 24.3 Å². The predicted molar refractivity (Wildman–Crippen MR) is 109 cm³/mol. The van der Waals surface area contributed by atoms with Crippen molar-refractivity contribution in [2.45, 2.75) is 25.9 Å². The molecule has 1 aliphatic heterocycles. The van der Waals surface area contributed by atoms with E-state index in [-0.39, 0.29) is 17.9 Å². The van der Waals surface area contributed by atoms with E-state index in [1.165, 1.54) is 6.07 Å². The van der Waals surface area contributed by atoms with Crippen molar-refractivity contribution in [1.82, 2.24) is 15.2 Å². The van der Waals surface area contributed by atoms with E-state index in [1.54, 1.807) is 12.1 Å². The molecule has 6 heteroatoms. The number of aryl methyl sites for hydroxylation is 1. The fourth-order valence-electron chi connectivity index (χ4n) is 3.71. The van der Waals surface area contributed by atoms with Gasteiger partial charge in [-0.25, -0.2) is 9.18 Å². The van der Waals surface area contributed by atoms with E-state index in [0.717, 1.165) is 47.2 Å². The third-order valence-corrected chi connectivity index (χ3v) is 5.05. The molecular formula is C22H23FN4O. The molecule has 2 amide bonds. The zero-order valence-corrected chi connectivity index (χ0v) is 15.8. The number of hydrogen-bond donors (Lipinski definition) is 2. The molecule has 1 saturated heterocycles. The fourth-order valence-corrected chi connectivity index (χ4v) is 3.71. The summed E-state index contributed by atoms with van der Waals surface area (Å²) in [5.41, 5.74) is 2.63. The standard InChI is InChI=1S/C22H23FN4O/c1-15-10-20-17(12-24-15)5-3-7-21(20)26-22(28)25-19-8-9-27(14-19)13-16-4-2-6-18(23)11-16/h2-7,10-12,19H,8-9,13-14H2,1H3,(H2,25,26,28). The SMILES string of the molecule is Cc1cc2c(NC(=O)NC3CCN(Cc4cccc(F)c4)C3)cccc2cn1. The molecule has 4 rings (SSSR count). The number of hydrogen-bond acceptors (Lipinski definition) is 3. The maximum atomic E-state index is 13.3. The lowest BCUT2D eigenvalue weighted by Gasteiger charge is -2.17. The van der Waals surface area contributed by atoms with Crippen LogP contribution in [0.2, 0.25) is 0 Å². The Kier molecular flexibility index (Phi) is 5.21. The van der Waals surface area contributed by atoms with Gasteiger partial charge >= 0.3 is 6.03 Å². The Balaban J connectivity index is 1.35. The van der Waals surface area contributed by atoms with Crippen molar-refractivity contribution in [3.63, 3.8) is 0 Å². The highest BCUT2D eigenvalue weighted by atomic mass is 19.1. The molecular weight excluding hydrogens is 355 g/mol. The van der Waals surface area contributed by atoms with Crippen LogP contribution >= 0.6 is 0 Å². The lowest BCUT2D eigenvalue weighted by molar-refractivity contribution is 0.247. The number of fused-ring (bicyclic) bond motifs is 1. The number of benzene rings is 2. The third-order valence-electron chi connectivity index (χ3n) is 5.05. The number of aromatic nitrogens is 1. The van der Waals surface area contributed by atoms with Crippen molar-refractivity contribution in [3.05, 3.63) is 71.8 Å². The Morgan fingerprint density at radius 2 is 2.11 bits per heavy atom. The van der Waals surface area contributed by atoms with Gasteiger partial charge < -0.3 is 10.6 Å². The molecule has 5 nitrogen and oxygen atoms in total. The molecule has 0 spiro atoms. The minimum Gasteiger partial charge on any atom is -0.334 e. The van der Waals surface area contributed by atoms with Gasteiger partial charge in [0.05, 0.1) is 5.69 Å². The summed E-state index contributed by atoms with van der Waals surface area (Å²) >= 11 is 0. The molecule has 0 saturated carbocycles. The number of carbonyl (C=O) groups is 1. The van der Waals surface area contributed by atoms with Gasteiger partial charge in [-0.05, 0) is 43.2 Å². The van der Waals surface area contributed by atoms with Crippen LogP contribution in [-0.2, 0) is 6.54 Å². The summed E-state index contributed by atoms with van der Waals surface area (Å²) in [4.78, 5) is 19.0. The molecule has 2 N–H and O–H groups in total. The normalized spacial score (nSPS) is 17.0. The summed E-state index contributed by atoms with van der Waals surface area (Å²) in [6, 6.07) is 14.3. The monoisotopic (exact) mass is 378 g/mol. The maximum absolute atomic E-state index is 13.3. The van der Waals surface area contributed by atoms with E-state index in [0.29, 0.717) is 6.54 Å². The highest BCUT2D eigenvalue weighted by molar-refractivity contribution is 6.01. The highest BCUT2D eigenvalue weighted by Gasteiger charge is 2.24. The van der Waals surface area contributed by atoms with Crippen molar-refractivity contribution in [2.75, 3.05) is 18.4 Å². The van der Waals surface area contributed by atoms with Crippen LogP contribution in [0, 0.1) is 12.7 Å². The van der Waals surface area contributed by atoms with E-state index < -0.39 is 0 Å². The van der Waals surface area contributed by atoms with Gasteiger partial charge in [-0.15, -0.1) is 0 Å². The van der Waals surface area contributed by atoms with Crippen LogP contribution in [0.5, 0.6) is 0 Å². The van der Waals surface area contributed by atoms with Gasteiger partial charge in [-0.3, -0.25) is 9.88 Å². The number of nitrogens with one attached hydrogen (secondary N) is 2. The van der Waals surface area contributed by atoms with Crippen molar-refractivity contribution >= 4 is 22.5 Å². The zero-order chi connectivity index (χ0) is 19.5. The average molecular weight is 378 g/mol. The molecule has 1 aromatic heterocycles. The van der Waals surface area contributed by atoms with Gasteiger partial charge in [0.1, 0.15) is 5.82 Å². The Morgan fingerprint density at radius 1 is 1.25 bits per heavy atom. The lowest BCUT2D eigenvalue weighted by Crippen LogP contribution is -2.39. The van der Waals surface area contributed by atoms with Crippen LogP contribution in [0.1, 0.15) is 17.7 Å². The first kappa shape index (κ1) is 18.4. The number of pyridine rings is 1. The quantitative estimate of drug-likeness (QED) is 0.719. The molecule has 1 aliphatic rings. The summed E-state index contributed by atoms with van der Waals surface area (Å²) < 4.78 is 13.3. The van der Waals surface area contributed by atoms with E-state index in [9.17, 15) is 9.18 Å². The van der Waals surface area contributed by atoms with Crippen LogP contribution in [-0.4, -0.2) is 35.0 Å². The molecule has 0 bridgehead atoms. The Bertz CT molecular complexity index is 1010. The second-order valence-electron chi connectivity index (χ2n) is 7.30. The molecule has 2 aromatic carbocycles. The number of rotatable bonds is 4. The Labute approximate surface area is 163 Å². The predicted octanol–water partition coefficient (Wildman–Crippen LogP) is 4.08. The van der Waals surface area contributed by atoms with Gasteiger partial charge in [0.2, 0.25) is 0 Å². The maximum Gasteiger partial charge on any atom is 0.319 e. The molecule has 28 heavy (non-hydrogen) atoms. The summed E-state index contributed by atoms with van der Waals surface area (Å²) in [5, 5.41) is 7.98. The number of likely N-dealkylation sites (tertiary alicyclic amines) is 1. The largest absolute Gasteiger partial charge is 0.334 e. The number of anilines is 1. The first-order chi connectivity index (χ1) is 13.6. The number of halogens is 1. The van der Waals surface area contributed by atoms with Crippen LogP contribution < -0.4 is 10.6 Å². The summed E-state index contributed by atoms with van der Waals surface area (Å²) in [5.74, 6) is -0.216. The summed E-state index contributed by atoms with van der Waals surface area (Å²) in [6.07, 6.45) is 2.69. The second-order valence-corrected chi connectivity index (χ2v) is 7.30. The van der Waals surface area contributed by atoms with Crippen molar-refractivity contribution in [3.8, 4) is 0 Å². The number of nitrogens with zero attached hydrogens (tertiary/aromatic N) is 2. The highest BCUT2D eigenvalue weighted by Crippen LogP contribution is 2.23. The van der Waals surface area contributed by atoms with E-state index in [2.05, 4.69) is 20.5 Å². The lowest BCUT2D eigenvalue weighted by atomic mass is 10.1. The molecule has 1 atom stereocenters. The van der Waals surface area contributed by atoms with E-state index in [4.69, 9.17) is 0 Å². The van der Waals surface area contributed by atoms with Gasteiger partial charge in [0.25, 0.3) is 0 Å². The smallest absolute Gasteiger partial charge is 0.319 e. The third kappa shape index (κ3) is 4.28. The first-order valence-electron chi connectivity index (χ1n) is 9.46. The van der Waals surface area contributed by atoms with Crippen molar-refractivity contribution in [1.29, 1.82) is 0 Å². The van der Waals surface area contributed by atoms with Crippen molar-refractivity contribution < 1.29 is 9.18 Å². The van der Waals surface area contributed by atoms with Gasteiger partial charge in [0.15, 0.2) is 0 Å². The minimum atomic E-state index is -0.216. The van der Waals surface area contributed by atoms with Crippen molar-refractivity contribution in [2.24, 2.45) is 0 Å². The summed E-state index contributed by atoms with van der Waals surface area (Å²) in [7, 11) is 0. The number of carbonyl (C=O) groups excluding carboxylic acids is 1. The molecule has 2 heterocycles. The second kappa shape index (κ2) is 7.94. The van der Waals surface area contributed by atoms with Crippen LogP contribution in [0.25, 0.3) is 10.8 Å². The minimum absolute atomic E-state index is 0.0759. The fraction of sp³-hybridized carbons (Fsp3) is 0.273. The van der Waals surface area contributed by atoms with E-state index in [1.807, 2.05) is 43.5 Å². The van der Waals surface area contributed by atoms with Gasteiger partial charge in [-0.2, -0.15) is 0 Å². The number of urea groups is 1.